The van der Waals surface area contributed by atoms with Crippen molar-refractivity contribution in [2.24, 2.45) is 30.2 Å². The van der Waals surface area contributed by atoms with Gasteiger partial charge in [-0.15, -0.1) is 0 Å². The van der Waals surface area contributed by atoms with E-state index < -0.39 is 199 Å². The lowest BCUT2D eigenvalue weighted by atomic mass is 9.76. The topological polar surface area (TPSA) is 412 Å². The number of aromatic nitrogens is 1. The summed E-state index contributed by atoms with van der Waals surface area (Å²) in [7, 11) is 4.74. The predicted molar refractivity (Wildman–Crippen MR) is 301 cm³/mol. The molecule has 1 heterocycles. The Labute approximate surface area is 486 Å². The molecule has 0 aliphatic carbocycles. The number of likely N-dealkylation sites (N-methyl/N-ethyl adjacent to an activating group) is 2. The number of ketones is 1. The first-order valence-corrected chi connectivity index (χ1v) is 27.0. The summed E-state index contributed by atoms with van der Waals surface area (Å²) in [5, 5.41) is 67.4. The molecule has 0 saturated heterocycles. The van der Waals surface area contributed by atoms with Crippen LogP contribution in [-0.2, 0) is 74.7 Å². The number of carboxylic acids is 6. The molecule has 466 valence electrons. The number of rotatable bonds is 32. The van der Waals surface area contributed by atoms with Crippen LogP contribution in [0.3, 0.4) is 0 Å². The fraction of sp³-hybridized carbons (Fsp3) is 0.596. The van der Waals surface area contributed by atoms with Crippen molar-refractivity contribution in [1.82, 2.24) is 35.6 Å². The van der Waals surface area contributed by atoms with Gasteiger partial charge in [-0.3, -0.25) is 57.6 Å². The number of carbonyl (C=O) groups is 13. The standard InChI is InChI=1S/C57H83N7O20/c1-29(2)39(63(13)52(80)46(55(4,5)6)61-51(79)47(64(14)54(83)84-56(7,8)9)57(10,11)35-28-62(12)38-18-16-15-17-34(35)38)21-30(3)48(76)59-36(26-44(72)73)40(65)22-32(24-42(68)69)50(78)58-33(25-43(70)71)20-19-31(23-41(66)67)49(77)60-37(53(81)82)27-45(74)75/h15-18,21,28-29,31-33,36-37,39,46-47H,19-20,22-27H2,1-14H3,(H,58,78)(H,59,76)(H,60,77)(H,61,79)(H,66,67)(H,68,69)(H,70,71)(H,72,73)(H,74,75)(H,81,82)/b30-21+/t31-,32-,33+,36-,37-,39+,46+,47+/m0/s1. The van der Waals surface area contributed by atoms with Gasteiger partial charge in [-0.05, 0) is 63.5 Å². The highest BCUT2D eigenvalue weighted by atomic mass is 16.6. The second kappa shape index (κ2) is 30.2. The van der Waals surface area contributed by atoms with Crippen LogP contribution in [0, 0.1) is 23.2 Å². The number of hydrogen-bond donors (Lipinski definition) is 10. The number of aryl methyl sites for hydroxylation is 1. The number of amides is 6. The Kier molecular flexibility index (Phi) is 25.8. The van der Waals surface area contributed by atoms with Gasteiger partial charge in [0.2, 0.25) is 29.5 Å². The van der Waals surface area contributed by atoms with Crippen LogP contribution >= 0.6 is 0 Å². The maximum absolute atomic E-state index is 15.0. The summed E-state index contributed by atoms with van der Waals surface area (Å²) in [6, 6.07) is -1.26. The number of nitrogens with one attached hydrogen (secondary N) is 4. The van der Waals surface area contributed by atoms with Crippen molar-refractivity contribution in [3.05, 3.63) is 47.7 Å². The highest BCUT2D eigenvalue weighted by molar-refractivity contribution is 6.00. The molecule has 27 nitrogen and oxygen atoms in total. The molecule has 0 spiro atoms. The van der Waals surface area contributed by atoms with Gasteiger partial charge in [0.15, 0.2) is 5.78 Å². The van der Waals surface area contributed by atoms with E-state index >= 15 is 4.79 Å². The Balaban J connectivity index is 2.51. The summed E-state index contributed by atoms with van der Waals surface area (Å²) < 4.78 is 7.64. The van der Waals surface area contributed by atoms with E-state index in [1.54, 1.807) is 55.4 Å². The van der Waals surface area contributed by atoms with Crippen LogP contribution < -0.4 is 21.3 Å². The molecule has 84 heavy (non-hydrogen) atoms. The molecular weight excluding hydrogens is 1100 g/mol. The normalized spacial score (nSPS) is 14.9. The van der Waals surface area contributed by atoms with Gasteiger partial charge in [0, 0.05) is 67.6 Å². The van der Waals surface area contributed by atoms with Gasteiger partial charge >= 0.3 is 41.9 Å². The molecule has 0 radical (unpaired) electrons. The van der Waals surface area contributed by atoms with Gasteiger partial charge in [-0.25, -0.2) is 9.59 Å². The zero-order chi connectivity index (χ0) is 64.7. The molecule has 1 aromatic heterocycles. The number of hydrogen-bond acceptors (Lipinski definition) is 14. The molecule has 0 aliphatic rings. The molecular formula is C57H83N7O20. The molecule has 2 aromatic rings. The summed E-state index contributed by atoms with van der Waals surface area (Å²) in [4.78, 5) is 171. The van der Waals surface area contributed by atoms with Crippen LogP contribution in [0.4, 0.5) is 4.79 Å². The number of carboxylic acid groups (broad SMARTS) is 6. The third kappa shape index (κ3) is 21.4. The van der Waals surface area contributed by atoms with Crippen LogP contribution in [0.1, 0.15) is 133 Å². The van der Waals surface area contributed by atoms with Crippen LogP contribution in [0.25, 0.3) is 10.9 Å². The molecule has 0 bridgehead atoms. The Morgan fingerprint density at radius 3 is 1.63 bits per heavy atom. The smallest absolute Gasteiger partial charge is 0.410 e. The van der Waals surface area contributed by atoms with Crippen molar-refractivity contribution in [3.8, 4) is 0 Å². The van der Waals surface area contributed by atoms with Gasteiger partial charge < -0.3 is 66.1 Å². The van der Waals surface area contributed by atoms with Crippen LogP contribution in [0.2, 0.25) is 0 Å². The minimum absolute atomic E-state index is 0.129. The van der Waals surface area contributed by atoms with E-state index in [1.165, 1.54) is 36.9 Å². The maximum Gasteiger partial charge on any atom is 0.410 e. The molecule has 0 aliphatic heterocycles. The first kappa shape index (κ1) is 71.7. The lowest BCUT2D eigenvalue weighted by Crippen LogP contribution is -2.63. The van der Waals surface area contributed by atoms with Crippen molar-refractivity contribution in [1.29, 1.82) is 0 Å². The largest absolute Gasteiger partial charge is 0.481 e. The number of aliphatic carboxylic acids is 6. The Bertz CT molecular complexity index is 2840. The average molecular weight is 1190 g/mol. The van der Waals surface area contributed by atoms with Crippen LogP contribution in [-0.4, -0.2) is 178 Å². The van der Waals surface area contributed by atoms with Gasteiger partial charge in [0.1, 0.15) is 23.7 Å². The van der Waals surface area contributed by atoms with Crippen molar-refractivity contribution >= 4 is 88.1 Å². The second-order valence-corrected chi connectivity index (χ2v) is 24.0. The number of Topliss-reactive ketones (excluding diaryl/α,β-unsaturated/α-hetero) is 1. The van der Waals surface area contributed by atoms with Crippen molar-refractivity contribution in [2.75, 3.05) is 14.1 Å². The fourth-order valence-electron chi connectivity index (χ4n) is 9.64. The predicted octanol–water partition coefficient (Wildman–Crippen LogP) is 3.54. The number of ether oxygens (including phenoxy) is 1. The monoisotopic (exact) mass is 1190 g/mol. The van der Waals surface area contributed by atoms with Gasteiger partial charge in [-0.1, -0.05) is 72.7 Å². The Hall–Kier alpha value is -8.39. The first-order valence-electron chi connectivity index (χ1n) is 27.0. The van der Waals surface area contributed by atoms with Crippen LogP contribution in [0.5, 0.6) is 0 Å². The highest BCUT2D eigenvalue weighted by Crippen LogP contribution is 2.37. The molecule has 0 saturated carbocycles. The van der Waals surface area contributed by atoms with E-state index in [0.29, 0.717) is 0 Å². The van der Waals surface area contributed by atoms with Gasteiger partial charge in [0.05, 0.1) is 50.1 Å². The number of fused-ring (bicyclic) bond motifs is 1. The number of para-hydroxylation sites is 1. The van der Waals surface area contributed by atoms with E-state index in [2.05, 4.69) is 16.0 Å². The summed E-state index contributed by atoms with van der Waals surface area (Å²) >= 11 is 0. The van der Waals surface area contributed by atoms with Crippen molar-refractivity contribution in [3.63, 3.8) is 0 Å². The first-order chi connectivity index (χ1) is 38.5. The molecule has 0 fully saturated rings. The molecule has 27 heteroatoms. The molecule has 0 unspecified atom stereocenters. The number of nitrogens with zero attached hydrogens (tertiary/aromatic N) is 3. The lowest BCUT2D eigenvalue weighted by molar-refractivity contribution is -0.148. The van der Waals surface area contributed by atoms with E-state index in [1.807, 2.05) is 61.2 Å². The summed E-state index contributed by atoms with van der Waals surface area (Å²) in [5.74, 6) is -19.5. The lowest BCUT2D eigenvalue weighted by Gasteiger charge is -2.42. The second-order valence-electron chi connectivity index (χ2n) is 24.0. The maximum atomic E-state index is 15.0. The highest BCUT2D eigenvalue weighted by Gasteiger charge is 2.47. The third-order valence-corrected chi connectivity index (χ3v) is 14.0. The molecule has 1 aromatic carbocycles. The third-order valence-electron chi connectivity index (χ3n) is 14.0. The Morgan fingerprint density at radius 2 is 1.13 bits per heavy atom. The minimum Gasteiger partial charge on any atom is -0.481 e. The van der Waals surface area contributed by atoms with E-state index in [4.69, 9.17) is 9.84 Å². The number of benzene rings is 1. The molecule has 2 rings (SSSR count). The van der Waals surface area contributed by atoms with Gasteiger partial charge in [0.25, 0.3) is 0 Å². The number of carbonyl (C=O) groups excluding carboxylic acids is 7. The van der Waals surface area contributed by atoms with E-state index in [0.717, 1.165) is 16.5 Å². The molecule has 10 N–H and O–H groups in total. The average Bonchev–Trinajstić information content (AvgIpc) is 3.77. The fourth-order valence-corrected chi connectivity index (χ4v) is 9.64. The van der Waals surface area contributed by atoms with Crippen molar-refractivity contribution < 1.29 is 97.7 Å². The van der Waals surface area contributed by atoms with E-state index in [9.17, 15) is 83.1 Å². The van der Waals surface area contributed by atoms with E-state index in [-0.39, 0.29) is 5.57 Å². The quantitative estimate of drug-likeness (QED) is 0.0468. The van der Waals surface area contributed by atoms with Gasteiger partial charge in [-0.2, -0.15) is 0 Å². The summed E-state index contributed by atoms with van der Waals surface area (Å²) in [6.07, 6.45) is -4.66. The van der Waals surface area contributed by atoms with Crippen molar-refractivity contribution in [2.45, 2.75) is 175 Å². The molecule has 8 atom stereocenters. The zero-order valence-electron chi connectivity index (χ0n) is 50.1. The zero-order valence-corrected chi connectivity index (χ0v) is 50.1. The minimum atomic E-state index is -1.97. The van der Waals surface area contributed by atoms with Crippen LogP contribution in [0.15, 0.2) is 42.1 Å². The SMILES string of the molecule is C/C(=C\[C@H](C(C)C)N(C)C(=O)[C@@H](NC(=O)[C@@H](N(C)C(=O)OC(C)(C)C)C(C)(C)c1cn(C)c2ccccc12)C(C)(C)C)C(=O)N[C@@H](CC(=O)O)C(=O)C[C@@H](CC(=O)O)C(=O)N[C@H](CC[C@@H](CC(=O)O)C(=O)N[C@@H](CC(=O)O)C(=O)O)CC(=O)O. The summed E-state index contributed by atoms with van der Waals surface area (Å²) in [5.41, 5.74) is -1.58. The summed E-state index contributed by atoms with van der Waals surface area (Å²) in [6.45, 7) is 18.6. The molecule has 6 amide bonds. The Morgan fingerprint density at radius 1 is 0.619 bits per heavy atom.